The molecule has 12 heteroatoms. The molecule has 0 radical (unpaired) electrons. The van der Waals surface area contributed by atoms with Gasteiger partial charge in [-0.05, 0) is 45.1 Å². The monoisotopic (exact) mass is 540 g/mol. The molecule has 1 aliphatic rings. The Bertz CT molecular complexity index is 1110. The number of carbonyl (C=O) groups excluding carboxylic acids is 1. The molecule has 0 atom stereocenters. The fourth-order valence-corrected chi connectivity index (χ4v) is 5.24. The number of anilines is 2. The van der Waals surface area contributed by atoms with Crippen LogP contribution in [0.15, 0.2) is 42.2 Å². The Labute approximate surface area is 219 Å². The molecule has 0 spiro atoms. The van der Waals surface area contributed by atoms with Crippen molar-refractivity contribution in [2.75, 3.05) is 51.5 Å². The summed E-state index contributed by atoms with van der Waals surface area (Å²) < 4.78 is 31.1. The normalized spacial score (nSPS) is 14.1. The van der Waals surface area contributed by atoms with Gasteiger partial charge >= 0.3 is 6.61 Å². The van der Waals surface area contributed by atoms with Gasteiger partial charge in [0.25, 0.3) is 5.91 Å². The van der Waals surface area contributed by atoms with Crippen LogP contribution in [0.5, 0.6) is 5.75 Å². The van der Waals surface area contributed by atoms with E-state index in [1.807, 2.05) is 0 Å². The van der Waals surface area contributed by atoms with E-state index in [1.54, 1.807) is 14.1 Å². The Kier molecular flexibility index (Phi) is 9.52. The summed E-state index contributed by atoms with van der Waals surface area (Å²) in [6, 6.07) is 4.81. The minimum absolute atomic E-state index is 0.0845. The van der Waals surface area contributed by atoms with Crippen molar-refractivity contribution < 1.29 is 18.3 Å². The van der Waals surface area contributed by atoms with Crippen LogP contribution in [0, 0.1) is 0 Å². The lowest BCUT2D eigenvalue weighted by molar-refractivity contribution is -0.112. The molecule has 3 N–H and O–H groups in total. The van der Waals surface area contributed by atoms with Crippen molar-refractivity contribution in [3.05, 3.63) is 47.3 Å². The van der Waals surface area contributed by atoms with Crippen molar-refractivity contribution >= 4 is 39.0 Å². The Morgan fingerprint density at radius 3 is 2.53 bits per heavy atom. The van der Waals surface area contributed by atoms with Gasteiger partial charge < -0.3 is 30.5 Å². The fraction of sp³-hybridized carbons (Fsp3) is 0.417. The predicted molar refractivity (Wildman–Crippen MR) is 142 cm³/mol. The van der Waals surface area contributed by atoms with E-state index in [-0.39, 0.29) is 16.9 Å². The zero-order chi connectivity index (χ0) is 26.4. The van der Waals surface area contributed by atoms with Crippen LogP contribution in [0.2, 0.25) is 5.02 Å². The first-order valence-corrected chi connectivity index (χ1v) is 12.6. The third-order valence-electron chi connectivity index (χ3n) is 5.94. The molecule has 36 heavy (non-hydrogen) atoms. The number of hydrogen-bond donors (Lipinski definition) is 3. The highest BCUT2D eigenvalue weighted by molar-refractivity contribution is 7.20. The lowest BCUT2D eigenvalue weighted by Gasteiger charge is -2.35. The van der Waals surface area contributed by atoms with Crippen molar-refractivity contribution in [3.8, 4) is 17.0 Å². The largest absolute Gasteiger partial charge is 0.434 e. The van der Waals surface area contributed by atoms with Gasteiger partial charge in [0.2, 0.25) is 0 Å². The number of halogens is 3. The third-order valence-corrected chi connectivity index (χ3v) is 7.21. The van der Waals surface area contributed by atoms with Crippen LogP contribution in [0.4, 0.5) is 18.9 Å². The maximum atomic E-state index is 13.2. The fourth-order valence-electron chi connectivity index (χ4n) is 4.04. The highest BCUT2D eigenvalue weighted by atomic mass is 35.5. The zero-order valence-corrected chi connectivity index (χ0v) is 22.3. The second kappa shape index (κ2) is 12.4. The summed E-state index contributed by atoms with van der Waals surface area (Å²) in [4.78, 5) is 22.3. The van der Waals surface area contributed by atoms with Gasteiger partial charge in [0.15, 0.2) is 5.13 Å². The number of piperidine rings is 1. The summed E-state index contributed by atoms with van der Waals surface area (Å²) >= 11 is 7.48. The Morgan fingerprint density at radius 2 is 1.97 bits per heavy atom. The van der Waals surface area contributed by atoms with Gasteiger partial charge in [-0.25, -0.2) is 4.98 Å². The highest BCUT2D eigenvalue weighted by Crippen LogP contribution is 2.43. The average Bonchev–Trinajstić information content (AvgIpc) is 3.26. The van der Waals surface area contributed by atoms with E-state index in [9.17, 15) is 13.6 Å². The molecule has 2 aromatic rings. The van der Waals surface area contributed by atoms with Crippen LogP contribution in [-0.2, 0) is 4.79 Å². The van der Waals surface area contributed by atoms with E-state index in [0.29, 0.717) is 32.7 Å². The minimum atomic E-state index is -3.03. The summed E-state index contributed by atoms with van der Waals surface area (Å²) in [5.74, 6) is -0.0486. The van der Waals surface area contributed by atoms with E-state index in [2.05, 4.69) is 46.4 Å². The topological polar surface area (TPSA) is 81.8 Å². The molecule has 0 bridgehead atoms. The van der Waals surface area contributed by atoms with Crippen LogP contribution >= 0.6 is 22.9 Å². The molecule has 0 saturated carbocycles. The summed E-state index contributed by atoms with van der Waals surface area (Å²) in [6.45, 7) is 2.26. The van der Waals surface area contributed by atoms with Crippen molar-refractivity contribution in [1.82, 2.24) is 20.5 Å². The second-order valence-electron chi connectivity index (χ2n) is 8.32. The number of ether oxygens (including phenoxy) is 1. The molecular weight excluding hydrogens is 510 g/mol. The number of carbonyl (C=O) groups is 1. The molecular formula is C24H31ClF2N6O2S. The van der Waals surface area contributed by atoms with Crippen molar-refractivity contribution in [2.24, 2.45) is 0 Å². The molecule has 2 heterocycles. The predicted octanol–water partition coefficient (Wildman–Crippen LogP) is 4.37. The lowest BCUT2D eigenvalue weighted by atomic mass is 10.0. The molecule has 0 unspecified atom stereocenters. The Balaban J connectivity index is 2.05. The third kappa shape index (κ3) is 6.45. The molecule has 1 amide bonds. The summed E-state index contributed by atoms with van der Waals surface area (Å²) in [6.07, 6.45) is 3.34. The van der Waals surface area contributed by atoms with Crippen molar-refractivity contribution in [3.63, 3.8) is 0 Å². The van der Waals surface area contributed by atoms with Gasteiger partial charge in [0, 0.05) is 43.8 Å². The Morgan fingerprint density at radius 1 is 1.31 bits per heavy atom. The molecule has 1 aromatic carbocycles. The van der Waals surface area contributed by atoms with Gasteiger partial charge in [-0.15, -0.1) is 0 Å². The number of alkyl halides is 2. The van der Waals surface area contributed by atoms with Gasteiger partial charge in [-0.3, -0.25) is 4.79 Å². The number of nitrogens with one attached hydrogen (secondary N) is 3. The SMILES string of the molecule is C=CC(C(=O)Nc1sc(N2CCC(N(C)C)CC2)nc1-c1cc(Cl)ccc1OC(F)F)=C(NC)NC. The minimum Gasteiger partial charge on any atom is -0.434 e. The van der Waals surface area contributed by atoms with Crippen LogP contribution in [0.3, 0.4) is 0 Å². The summed E-state index contributed by atoms with van der Waals surface area (Å²) in [5.41, 5.74) is 0.841. The highest BCUT2D eigenvalue weighted by Gasteiger charge is 2.27. The number of benzene rings is 1. The molecule has 1 aliphatic heterocycles. The number of nitrogens with zero attached hydrogens (tertiary/aromatic N) is 3. The smallest absolute Gasteiger partial charge is 0.387 e. The first-order chi connectivity index (χ1) is 17.2. The van der Waals surface area contributed by atoms with Crippen molar-refractivity contribution in [1.29, 1.82) is 0 Å². The first kappa shape index (κ1) is 27.7. The van der Waals surface area contributed by atoms with Crippen LogP contribution in [0.25, 0.3) is 11.3 Å². The van der Waals surface area contributed by atoms with E-state index < -0.39 is 12.5 Å². The molecule has 1 saturated heterocycles. The molecule has 8 nitrogen and oxygen atoms in total. The van der Waals surface area contributed by atoms with E-state index in [0.717, 1.165) is 25.9 Å². The average molecular weight is 541 g/mol. The van der Waals surface area contributed by atoms with Gasteiger partial charge in [0.1, 0.15) is 22.3 Å². The standard InChI is InChI=1S/C24H31ClF2N6O2S/c1-6-16(20(28-2)29-3)21(34)31-22-19(17-13-14(25)7-8-18(17)35-23(26)27)30-24(36-22)33-11-9-15(10-12-33)32(4)5/h6-8,13,15,23,28-29H,1,9-12H2,2-5H3,(H,31,34). The van der Waals surface area contributed by atoms with Crippen LogP contribution in [-0.4, -0.2) is 69.7 Å². The molecule has 1 fully saturated rings. The number of rotatable bonds is 10. The molecule has 3 rings (SSSR count). The van der Waals surface area contributed by atoms with E-state index in [1.165, 1.54) is 35.6 Å². The number of amides is 1. The second-order valence-corrected chi connectivity index (χ2v) is 9.74. The molecule has 196 valence electrons. The molecule has 0 aliphatic carbocycles. The number of thiazole rings is 1. The first-order valence-electron chi connectivity index (χ1n) is 11.4. The number of aromatic nitrogens is 1. The van der Waals surface area contributed by atoms with Crippen LogP contribution in [0.1, 0.15) is 12.8 Å². The number of hydrogen-bond acceptors (Lipinski definition) is 8. The maximum Gasteiger partial charge on any atom is 0.387 e. The summed E-state index contributed by atoms with van der Waals surface area (Å²) in [5, 5.41) is 10.1. The van der Waals surface area contributed by atoms with E-state index in [4.69, 9.17) is 21.3 Å². The van der Waals surface area contributed by atoms with Crippen molar-refractivity contribution in [2.45, 2.75) is 25.5 Å². The zero-order valence-electron chi connectivity index (χ0n) is 20.7. The van der Waals surface area contributed by atoms with Crippen LogP contribution < -0.4 is 25.6 Å². The Hall–Kier alpha value is -2.89. The van der Waals surface area contributed by atoms with Gasteiger partial charge in [-0.2, -0.15) is 8.78 Å². The quantitative estimate of drug-likeness (QED) is 0.305. The van der Waals surface area contributed by atoms with Gasteiger partial charge in [-0.1, -0.05) is 35.6 Å². The molecule has 1 aromatic heterocycles. The summed E-state index contributed by atoms with van der Waals surface area (Å²) in [7, 11) is 7.48. The van der Waals surface area contributed by atoms with E-state index >= 15 is 0 Å². The maximum absolute atomic E-state index is 13.2. The lowest BCUT2D eigenvalue weighted by Crippen LogP contribution is -2.41. The van der Waals surface area contributed by atoms with Gasteiger partial charge in [0.05, 0.1) is 5.57 Å².